The van der Waals surface area contributed by atoms with Crippen LogP contribution in [0.25, 0.3) is 0 Å². The number of rotatable bonds is 2. The average Bonchev–Trinajstić information content (AvgIpc) is 2.05. The monoisotopic (exact) mass is 143 g/mol. The van der Waals surface area contributed by atoms with E-state index in [4.69, 9.17) is 12.5 Å². The number of hydrogen-bond acceptors (Lipinski definition) is 1. The molecule has 1 radical (unpaired) electrons. The third-order valence-electron chi connectivity index (χ3n) is 1.35. The van der Waals surface area contributed by atoms with Gasteiger partial charge in [-0.15, -0.1) is 0 Å². The van der Waals surface area contributed by atoms with Crippen molar-refractivity contribution in [3.8, 4) is 0 Å². The molecule has 0 aromatic heterocycles. The van der Waals surface area contributed by atoms with Gasteiger partial charge in [-0.05, 0) is 0 Å². The first-order valence-corrected chi connectivity index (χ1v) is 3.12. The van der Waals surface area contributed by atoms with Gasteiger partial charge >= 0.3 is 65.3 Å². The van der Waals surface area contributed by atoms with Crippen LogP contribution in [0.15, 0.2) is 24.3 Å². The van der Waals surface area contributed by atoms with E-state index in [-0.39, 0.29) is 5.56 Å². The van der Waals surface area contributed by atoms with Crippen LogP contribution < -0.4 is 5.46 Å². The Labute approximate surface area is 66.1 Å². The van der Waals surface area contributed by atoms with E-state index in [2.05, 4.69) is 0 Å². The minimum atomic E-state index is -0.923. The Hall–Kier alpha value is -1.18. The molecule has 0 amide bonds. The molecule has 0 atom stereocenters. The SMILES string of the molecule is [B]=Bc1ccc(C(=O)O)cc1. The molecule has 2 nitrogen and oxygen atoms in total. The van der Waals surface area contributed by atoms with Gasteiger partial charge in [-0.2, -0.15) is 0 Å². The second-order valence-corrected chi connectivity index (χ2v) is 2.09. The molecule has 0 unspecified atom stereocenters. The normalized spacial score (nSPS) is 8.64. The summed E-state index contributed by atoms with van der Waals surface area (Å²) in [5.41, 5.74) is 1.09. The van der Waals surface area contributed by atoms with Gasteiger partial charge in [0.15, 0.2) is 0 Å². The van der Waals surface area contributed by atoms with Crippen LogP contribution >= 0.6 is 0 Å². The molecule has 0 aliphatic rings. The van der Waals surface area contributed by atoms with Crippen molar-refractivity contribution in [3.05, 3.63) is 29.8 Å². The summed E-state index contributed by atoms with van der Waals surface area (Å²) in [6.07, 6.45) is 0. The minimum absolute atomic E-state index is 0.274. The third kappa shape index (κ3) is 1.87. The van der Waals surface area contributed by atoms with Crippen molar-refractivity contribution in [2.75, 3.05) is 0 Å². The molecule has 0 bridgehead atoms. The first kappa shape index (κ1) is 7.92. The van der Waals surface area contributed by atoms with E-state index in [0.29, 0.717) is 0 Å². The maximum atomic E-state index is 10.4. The molecule has 0 fully saturated rings. The van der Waals surface area contributed by atoms with Gasteiger partial charge in [0.25, 0.3) is 0 Å². The van der Waals surface area contributed by atoms with Crippen LogP contribution in [-0.4, -0.2) is 25.2 Å². The molecular weight excluding hydrogens is 138 g/mol. The number of aromatic carboxylic acids is 1. The van der Waals surface area contributed by atoms with E-state index in [0.717, 1.165) is 5.46 Å². The van der Waals surface area contributed by atoms with Crippen LogP contribution in [0.2, 0.25) is 0 Å². The molecule has 0 heterocycles. The van der Waals surface area contributed by atoms with E-state index in [1.807, 2.05) is 0 Å². The van der Waals surface area contributed by atoms with Crippen molar-refractivity contribution in [1.82, 2.24) is 0 Å². The Balaban J connectivity index is 3.00. The first-order chi connectivity index (χ1) is 5.24. The van der Waals surface area contributed by atoms with E-state index in [1.165, 1.54) is 18.9 Å². The van der Waals surface area contributed by atoms with Gasteiger partial charge in [0.2, 0.25) is 0 Å². The van der Waals surface area contributed by atoms with Gasteiger partial charge < -0.3 is 0 Å². The summed E-state index contributed by atoms with van der Waals surface area (Å²) in [5, 5.41) is 8.51. The molecule has 11 heavy (non-hydrogen) atoms. The van der Waals surface area contributed by atoms with Crippen LogP contribution in [0, 0.1) is 0 Å². The number of carbonyl (C=O) groups is 1. The standard InChI is InChI=1S/C7H5B2O2/c8-9-6-3-1-5(2-4-6)7(10)11/h1-4H,(H,10,11). The number of carboxylic acids is 1. The van der Waals surface area contributed by atoms with Crippen molar-refractivity contribution in [2.45, 2.75) is 0 Å². The first-order valence-electron chi connectivity index (χ1n) is 3.12. The molecule has 1 aromatic rings. The van der Waals surface area contributed by atoms with Crippen molar-refractivity contribution >= 4 is 25.6 Å². The fourth-order valence-electron chi connectivity index (χ4n) is 0.737. The molecule has 1 aromatic carbocycles. The van der Waals surface area contributed by atoms with E-state index >= 15 is 0 Å². The van der Waals surface area contributed by atoms with E-state index in [9.17, 15) is 4.79 Å². The van der Waals surface area contributed by atoms with Gasteiger partial charge in [0.1, 0.15) is 0 Å². The Morgan fingerprint density at radius 3 is 2.27 bits per heavy atom. The van der Waals surface area contributed by atoms with Crippen molar-refractivity contribution in [1.29, 1.82) is 0 Å². The van der Waals surface area contributed by atoms with Crippen LogP contribution in [0.3, 0.4) is 0 Å². The number of benzene rings is 1. The van der Waals surface area contributed by atoms with E-state index in [1.54, 1.807) is 12.1 Å². The molecular formula is C7H5B2O2. The molecule has 0 spiro atoms. The average molecular weight is 143 g/mol. The van der Waals surface area contributed by atoms with Crippen molar-refractivity contribution in [3.63, 3.8) is 0 Å². The zero-order chi connectivity index (χ0) is 8.27. The Bertz CT molecular complexity index is 279. The predicted octanol–water partition coefficient (Wildman–Crippen LogP) is -0.202. The van der Waals surface area contributed by atoms with Crippen molar-refractivity contribution in [2.24, 2.45) is 0 Å². The topological polar surface area (TPSA) is 37.3 Å². The molecule has 51 valence electrons. The zero-order valence-electron chi connectivity index (χ0n) is 5.82. The molecule has 1 rings (SSSR count). The maximum absolute atomic E-state index is 10.4. The fraction of sp³-hybridized carbons (Fsp3) is 0. The summed E-state index contributed by atoms with van der Waals surface area (Å²) in [7, 11) is 5.20. The van der Waals surface area contributed by atoms with Gasteiger partial charge in [0.05, 0.1) is 0 Å². The molecule has 0 saturated heterocycles. The van der Waals surface area contributed by atoms with Crippen LogP contribution in [0.4, 0.5) is 0 Å². The number of hydrogen-bond donors (Lipinski definition) is 1. The van der Waals surface area contributed by atoms with Crippen LogP contribution in [-0.2, 0) is 0 Å². The van der Waals surface area contributed by atoms with Gasteiger partial charge in [-0.3, -0.25) is 0 Å². The Morgan fingerprint density at radius 2 is 1.91 bits per heavy atom. The molecule has 4 heteroatoms. The van der Waals surface area contributed by atoms with Gasteiger partial charge in [0, 0.05) is 0 Å². The summed E-state index contributed by atoms with van der Waals surface area (Å²) >= 11 is 0. The Morgan fingerprint density at radius 1 is 1.36 bits per heavy atom. The second-order valence-electron chi connectivity index (χ2n) is 2.09. The van der Waals surface area contributed by atoms with Gasteiger partial charge in [-0.1, -0.05) is 0 Å². The fourth-order valence-corrected chi connectivity index (χ4v) is 0.737. The summed E-state index contributed by atoms with van der Waals surface area (Å²) < 4.78 is 0. The predicted molar refractivity (Wildman–Crippen MR) is 44.5 cm³/mol. The van der Waals surface area contributed by atoms with Crippen LogP contribution in [0.1, 0.15) is 10.4 Å². The zero-order valence-corrected chi connectivity index (χ0v) is 5.82. The summed E-state index contributed by atoms with van der Waals surface area (Å²) in [4.78, 5) is 10.4. The molecule has 1 N–H and O–H groups in total. The van der Waals surface area contributed by atoms with E-state index < -0.39 is 5.97 Å². The van der Waals surface area contributed by atoms with Crippen LogP contribution in [0.5, 0.6) is 0 Å². The van der Waals surface area contributed by atoms with Crippen molar-refractivity contribution < 1.29 is 9.90 Å². The summed E-state index contributed by atoms with van der Waals surface area (Å²) in [6, 6.07) is 6.34. The molecule has 0 saturated carbocycles. The summed E-state index contributed by atoms with van der Waals surface area (Å²) in [5.74, 6) is -0.923. The quantitative estimate of drug-likeness (QED) is 0.581. The number of carboxylic acid groups (broad SMARTS) is 1. The Kier molecular flexibility index (Phi) is 2.36. The second kappa shape index (κ2) is 3.28. The molecule has 0 aliphatic carbocycles. The third-order valence-corrected chi connectivity index (χ3v) is 1.35. The summed E-state index contributed by atoms with van der Waals surface area (Å²) in [6.45, 7) is 1.42. The molecule has 0 aliphatic heterocycles. The van der Waals surface area contributed by atoms with Gasteiger partial charge in [-0.25, -0.2) is 0 Å².